The average Bonchev–Trinajstić information content (AvgIpc) is 2.52. The first-order chi connectivity index (χ1) is 10.6. The van der Waals surface area contributed by atoms with E-state index in [1.807, 2.05) is 0 Å². The van der Waals surface area contributed by atoms with Gasteiger partial charge in [-0.15, -0.1) is 24.0 Å². The van der Waals surface area contributed by atoms with Gasteiger partial charge < -0.3 is 25.6 Å². The molecule has 0 aromatic rings. The van der Waals surface area contributed by atoms with Crippen LogP contribution < -0.4 is 16.0 Å². The monoisotopic (exact) mass is 441 g/mol. The van der Waals surface area contributed by atoms with Gasteiger partial charge in [0.05, 0.1) is 13.2 Å². The lowest BCUT2D eigenvalue weighted by atomic mass is 10.0. The van der Waals surface area contributed by atoms with Crippen molar-refractivity contribution >= 4 is 35.8 Å². The fraction of sp³-hybridized carbons (Fsp3) is 0.867. The van der Waals surface area contributed by atoms with Crippen LogP contribution in [-0.4, -0.2) is 75.8 Å². The first-order valence-corrected chi connectivity index (χ1v) is 8.03. The molecule has 0 aliphatic carbocycles. The third-order valence-corrected chi connectivity index (χ3v) is 3.87. The van der Waals surface area contributed by atoms with Crippen LogP contribution in [0.1, 0.15) is 26.7 Å². The predicted molar refractivity (Wildman–Crippen MR) is 105 cm³/mol. The molecule has 1 aliphatic rings. The quantitative estimate of drug-likeness (QED) is 0.231. The van der Waals surface area contributed by atoms with E-state index in [1.165, 1.54) is 0 Å². The fourth-order valence-corrected chi connectivity index (χ4v) is 2.47. The average molecular weight is 441 g/mol. The lowest BCUT2D eigenvalue weighted by Crippen LogP contribution is -2.51. The van der Waals surface area contributed by atoms with E-state index in [0.29, 0.717) is 31.2 Å². The molecule has 0 aromatic carbocycles. The van der Waals surface area contributed by atoms with Gasteiger partial charge in [-0.3, -0.25) is 9.79 Å². The second kappa shape index (κ2) is 12.8. The molecule has 0 aromatic heterocycles. The first-order valence-electron chi connectivity index (χ1n) is 8.03. The number of halogens is 1. The molecule has 0 bridgehead atoms. The topological polar surface area (TPSA) is 78.0 Å². The minimum absolute atomic E-state index is 0. The minimum atomic E-state index is -0.0605. The number of piperidine rings is 1. The number of hydrogen-bond acceptors (Lipinski definition) is 4. The summed E-state index contributed by atoms with van der Waals surface area (Å²) in [6.45, 7) is 7.93. The van der Waals surface area contributed by atoms with Crippen molar-refractivity contribution in [2.24, 2.45) is 4.99 Å². The number of ether oxygens (including phenoxy) is 1. The van der Waals surface area contributed by atoms with E-state index < -0.39 is 0 Å². The number of amides is 1. The Labute approximate surface area is 157 Å². The molecule has 1 aliphatic heterocycles. The first kappa shape index (κ1) is 22.4. The molecule has 1 rings (SSSR count). The van der Waals surface area contributed by atoms with Gasteiger partial charge in [0.25, 0.3) is 0 Å². The highest BCUT2D eigenvalue weighted by atomic mass is 127. The van der Waals surface area contributed by atoms with E-state index in [1.54, 1.807) is 14.2 Å². The number of likely N-dealkylation sites (tertiary alicyclic amines) is 1. The molecule has 0 saturated carbocycles. The highest BCUT2D eigenvalue weighted by molar-refractivity contribution is 14.0. The summed E-state index contributed by atoms with van der Waals surface area (Å²) in [5.74, 6) is 0.625. The van der Waals surface area contributed by atoms with Gasteiger partial charge in [-0.1, -0.05) is 0 Å². The molecule has 1 saturated heterocycles. The van der Waals surface area contributed by atoms with Gasteiger partial charge in [0.1, 0.15) is 0 Å². The zero-order valence-corrected chi connectivity index (χ0v) is 17.1. The molecule has 0 atom stereocenters. The van der Waals surface area contributed by atoms with Crippen LogP contribution in [-0.2, 0) is 9.53 Å². The Hall–Kier alpha value is -0.610. The van der Waals surface area contributed by atoms with Gasteiger partial charge in [0.2, 0.25) is 5.91 Å². The number of aliphatic imine (C=N–C) groups is 1. The summed E-state index contributed by atoms with van der Waals surface area (Å²) in [4.78, 5) is 18.3. The van der Waals surface area contributed by atoms with Crippen molar-refractivity contribution in [1.82, 2.24) is 20.9 Å². The summed E-state index contributed by atoms with van der Waals surface area (Å²) in [7, 11) is 3.34. The molecule has 3 N–H and O–H groups in total. The van der Waals surface area contributed by atoms with Crippen LogP contribution in [0.15, 0.2) is 4.99 Å². The van der Waals surface area contributed by atoms with Crippen molar-refractivity contribution in [2.75, 3.05) is 46.9 Å². The van der Waals surface area contributed by atoms with Crippen LogP contribution in [0.3, 0.4) is 0 Å². The molecule has 136 valence electrons. The van der Waals surface area contributed by atoms with E-state index in [0.717, 1.165) is 25.9 Å². The van der Waals surface area contributed by atoms with Crippen LogP contribution in [0.4, 0.5) is 0 Å². The van der Waals surface area contributed by atoms with Crippen LogP contribution in [0.5, 0.6) is 0 Å². The second-order valence-electron chi connectivity index (χ2n) is 5.82. The summed E-state index contributed by atoms with van der Waals surface area (Å²) in [6, 6.07) is 1.02. The molecule has 1 heterocycles. The Morgan fingerprint density at radius 3 is 2.48 bits per heavy atom. The predicted octanol–water partition coefficient (Wildman–Crippen LogP) is 0.405. The van der Waals surface area contributed by atoms with Crippen molar-refractivity contribution in [3.63, 3.8) is 0 Å². The summed E-state index contributed by atoms with van der Waals surface area (Å²) in [5.41, 5.74) is 0. The summed E-state index contributed by atoms with van der Waals surface area (Å²) >= 11 is 0. The molecule has 8 heteroatoms. The SMILES string of the molecule is CN=C(NCC(=O)NCCOC)NC1CCN(C(C)C)CC1.I. The Morgan fingerprint density at radius 2 is 1.96 bits per heavy atom. The van der Waals surface area contributed by atoms with Crippen molar-refractivity contribution in [3.05, 3.63) is 0 Å². The number of hydrogen-bond donors (Lipinski definition) is 3. The van der Waals surface area contributed by atoms with Crippen LogP contribution in [0, 0.1) is 0 Å². The maximum absolute atomic E-state index is 11.6. The highest BCUT2D eigenvalue weighted by Crippen LogP contribution is 2.12. The van der Waals surface area contributed by atoms with Gasteiger partial charge in [0, 0.05) is 45.9 Å². The molecule has 1 fully saturated rings. The zero-order valence-electron chi connectivity index (χ0n) is 14.7. The molecular weight excluding hydrogens is 409 g/mol. The molecular formula is C15H32IN5O2. The lowest BCUT2D eigenvalue weighted by molar-refractivity contribution is -0.120. The maximum atomic E-state index is 11.6. The molecule has 0 radical (unpaired) electrons. The summed E-state index contributed by atoms with van der Waals surface area (Å²) in [5, 5.41) is 9.21. The molecule has 7 nitrogen and oxygen atoms in total. The largest absolute Gasteiger partial charge is 0.383 e. The van der Waals surface area contributed by atoms with E-state index in [9.17, 15) is 4.79 Å². The van der Waals surface area contributed by atoms with Gasteiger partial charge in [0.15, 0.2) is 5.96 Å². The Morgan fingerprint density at radius 1 is 1.30 bits per heavy atom. The van der Waals surface area contributed by atoms with Crippen LogP contribution in [0.2, 0.25) is 0 Å². The number of nitrogens with zero attached hydrogens (tertiary/aromatic N) is 2. The van der Waals surface area contributed by atoms with E-state index in [-0.39, 0.29) is 36.4 Å². The van der Waals surface area contributed by atoms with Crippen molar-refractivity contribution in [3.8, 4) is 0 Å². The van der Waals surface area contributed by atoms with E-state index in [2.05, 4.69) is 39.7 Å². The van der Waals surface area contributed by atoms with Gasteiger partial charge >= 0.3 is 0 Å². The molecule has 23 heavy (non-hydrogen) atoms. The fourth-order valence-electron chi connectivity index (χ4n) is 2.47. The third-order valence-electron chi connectivity index (χ3n) is 3.87. The van der Waals surface area contributed by atoms with Crippen molar-refractivity contribution in [1.29, 1.82) is 0 Å². The van der Waals surface area contributed by atoms with Gasteiger partial charge in [-0.25, -0.2) is 0 Å². The normalized spacial score (nSPS) is 16.8. The van der Waals surface area contributed by atoms with Gasteiger partial charge in [-0.05, 0) is 26.7 Å². The third kappa shape index (κ3) is 9.31. The maximum Gasteiger partial charge on any atom is 0.239 e. The van der Waals surface area contributed by atoms with Crippen LogP contribution >= 0.6 is 24.0 Å². The van der Waals surface area contributed by atoms with Crippen LogP contribution in [0.25, 0.3) is 0 Å². The smallest absolute Gasteiger partial charge is 0.239 e. The van der Waals surface area contributed by atoms with E-state index in [4.69, 9.17) is 4.74 Å². The number of guanidine groups is 1. The number of carbonyl (C=O) groups excluding carboxylic acids is 1. The Kier molecular flexibility index (Phi) is 12.4. The minimum Gasteiger partial charge on any atom is -0.383 e. The van der Waals surface area contributed by atoms with Crippen molar-refractivity contribution < 1.29 is 9.53 Å². The zero-order chi connectivity index (χ0) is 16.4. The molecule has 0 unspecified atom stereocenters. The van der Waals surface area contributed by atoms with Gasteiger partial charge in [-0.2, -0.15) is 0 Å². The number of nitrogens with one attached hydrogen (secondary N) is 3. The highest BCUT2D eigenvalue weighted by Gasteiger charge is 2.21. The second-order valence-corrected chi connectivity index (χ2v) is 5.82. The molecule has 0 spiro atoms. The number of carbonyl (C=O) groups is 1. The van der Waals surface area contributed by atoms with Crippen molar-refractivity contribution in [2.45, 2.75) is 38.8 Å². The number of rotatable bonds is 7. The molecule has 1 amide bonds. The lowest BCUT2D eigenvalue weighted by Gasteiger charge is -2.35. The Bertz CT molecular complexity index is 358. The summed E-state index contributed by atoms with van der Waals surface area (Å²) < 4.78 is 4.89. The standard InChI is InChI=1S/C15H31N5O2.HI/c1-12(2)20-8-5-13(6-9-20)19-15(16-3)18-11-14(21)17-7-10-22-4;/h12-13H,5-11H2,1-4H3,(H,17,21)(H2,16,18,19);1H. The summed E-state index contributed by atoms with van der Waals surface area (Å²) in [6.07, 6.45) is 2.19. The number of methoxy groups -OCH3 is 1. The Balaban J connectivity index is 0.00000484. The van der Waals surface area contributed by atoms with E-state index >= 15 is 0 Å².